The van der Waals surface area contributed by atoms with E-state index in [9.17, 15) is 4.79 Å². The molecule has 5 nitrogen and oxygen atoms in total. The van der Waals surface area contributed by atoms with E-state index in [2.05, 4.69) is 0 Å². The van der Waals surface area contributed by atoms with Crippen LogP contribution in [0, 0.1) is 0 Å². The van der Waals surface area contributed by atoms with Gasteiger partial charge >= 0.3 is 0 Å². The predicted molar refractivity (Wildman–Crippen MR) is 96.5 cm³/mol. The van der Waals surface area contributed by atoms with Crippen molar-refractivity contribution in [2.45, 2.75) is 32.1 Å². The lowest BCUT2D eigenvalue weighted by Crippen LogP contribution is -2.32. The SMILES string of the molecule is COc1ccc(Cc2nc3sc4c(c3c(=O)n2N)CCCC4)cc1. The monoisotopic (exact) mass is 341 g/mol. The van der Waals surface area contributed by atoms with Crippen LogP contribution in [0.25, 0.3) is 10.2 Å². The van der Waals surface area contributed by atoms with Crippen molar-refractivity contribution in [3.63, 3.8) is 0 Å². The van der Waals surface area contributed by atoms with Crippen molar-refractivity contribution in [3.8, 4) is 5.75 Å². The first kappa shape index (κ1) is 15.2. The summed E-state index contributed by atoms with van der Waals surface area (Å²) in [5.41, 5.74) is 2.10. The first-order chi connectivity index (χ1) is 11.7. The molecule has 0 saturated heterocycles. The summed E-state index contributed by atoms with van der Waals surface area (Å²) in [6, 6.07) is 7.73. The molecule has 4 rings (SSSR count). The number of nitrogen functional groups attached to an aromatic ring is 1. The Balaban J connectivity index is 1.78. The Morgan fingerprint density at radius 2 is 2.00 bits per heavy atom. The zero-order valence-electron chi connectivity index (χ0n) is 13.5. The normalized spacial score (nSPS) is 13.9. The average molecular weight is 341 g/mol. The van der Waals surface area contributed by atoms with Gasteiger partial charge in [0.25, 0.3) is 5.56 Å². The van der Waals surface area contributed by atoms with Crippen molar-refractivity contribution >= 4 is 21.6 Å². The summed E-state index contributed by atoms with van der Waals surface area (Å²) in [5.74, 6) is 7.46. The summed E-state index contributed by atoms with van der Waals surface area (Å²) >= 11 is 1.65. The zero-order valence-corrected chi connectivity index (χ0v) is 14.4. The van der Waals surface area contributed by atoms with Crippen molar-refractivity contribution in [3.05, 3.63) is 56.4 Å². The number of benzene rings is 1. The number of hydrogen-bond donors (Lipinski definition) is 1. The maximum Gasteiger partial charge on any atom is 0.280 e. The Labute approximate surface area is 143 Å². The third-order valence-electron chi connectivity index (χ3n) is 4.62. The minimum Gasteiger partial charge on any atom is -0.497 e. The molecular weight excluding hydrogens is 322 g/mol. The van der Waals surface area contributed by atoms with Gasteiger partial charge in [-0.15, -0.1) is 11.3 Å². The van der Waals surface area contributed by atoms with Gasteiger partial charge in [-0.2, -0.15) is 0 Å². The molecule has 0 saturated carbocycles. The second-order valence-corrected chi connectivity index (χ2v) is 7.20. The van der Waals surface area contributed by atoms with E-state index in [1.54, 1.807) is 18.4 Å². The lowest BCUT2D eigenvalue weighted by molar-refractivity contribution is 0.414. The maximum absolute atomic E-state index is 12.8. The fourth-order valence-corrected chi connectivity index (χ4v) is 4.58. The number of methoxy groups -OCH3 is 1. The highest BCUT2D eigenvalue weighted by molar-refractivity contribution is 7.18. The predicted octanol–water partition coefficient (Wildman–Crippen LogP) is 2.65. The number of nitrogens with two attached hydrogens (primary N) is 1. The molecule has 6 heteroatoms. The number of aromatic nitrogens is 2. The molecule has 2 N–H and O–H groups in total. The third-order valence-corrected chi connectivity index (χ3v) is 5.80. The first-order valence-electron chi connectivity index (χ1n) is 8.11. The molecule has 1 aromatic carbocycles. The van der Waals surface area contributed by atoms with E-state index >= 15 is 0 Å². The number of nitrogens with zero attached hydrogens (tertiary/aromatic N) is 2. The van der Waals surface area contributed by atoms with Gasteiger partial charge in [0.1, 0.15) is 16.4 Å². The average Bonchev–Trinajstić information content (AvgIpc) is 2.98. The molecule has 0 spiro atoms. The molecule has 2 heterocycles. The number of thiophene rings is 1. The molecule has 2 aromatic heterocycles. The number of hydrogen-bond acceptors (Lipinski definition) is 5. The molecule has 0 radical (unpaired) electrons. The van der Waals surface area contributed by atoms with Crippen LogP contribution in [-0.4, -0.2) is 16.8 Å². The summed E-state index contributed by atoms with van der Waals surface area (Å²) < 4.78 is 6.39. The summed E-state index contributed by atoms with van der Waals surface area (Å²) in [6.07, 6.45) is 4.86. The van der Waals surface area contributed by atoms with Gasteiger partial charge in [0.15, 0.2) is 0 Å². The third kappa shape index (κ3) is 2.47. The molecule has 0 aliphatic heterocycles. The Bertz CT molecular complexity index is 957. The van der Waals surface area contributed by atoms with Crippen molar-refractivity contribution in [1.29, 1.82) is 0 Å². The molecule has 0 fully saturated rings. The molecule has 124 valence electrons. The fraction of sp³-hybridized carbons (Fsp3) is 0.333. The van der Waals surface area contributed by atoms with Crippen LogP contribution in [-0.2, 0) is 19.3 Å². The van der Waals surface area contributed by atoms with Crippen LogP contribution in [0.4, 0.5) is 0 Å². The maximum atomic E-state index is 12.8. The Kier molecular flexibility index (Phi) is 3.76. The van der Waals surface area contributed by atoms with Crippen LogP contribution < -0.4 is 16.1 Å². The van der Waals surface area contributed by atoms with E-state index in [0.29, 0.717) is 12.2 Å². The van der Waals surface area contributed by atoms with Gasteiger partial charge in [-0.1, -0.05) is 12.1 Å². The minimum absolute atomic E-state index is 0.122. The highest BCUT2D eigenvalue weighted by Gasteiger charge is 2.21. The summed E-state index contributed by atoms with van der Waals surface area (Å²) in [7, 11) is 1.64. The molecular formula is C18H19N3O2S. The van der Waals surface area contributed by atoms with Crippen molar-refractivity contribution in [1.82, 2.24) is 9.66 Å². The standard InChI is InChI=1S/C18H19N3O2S/c1-23-12-8-6-11(7-9-12)10-15-20-17-16(18(22)21(15)19)13-4-2-3-5-14(13)24-17/h6-9H,2-5,10,19H2,1H3. The summed E-state index contributed by atoms with van der Waals surface area (Å²) in [5, 5.41) is 0.732. The van der Waals surface area contributed by atoms with Gasteiger partial charge in [0.2, 0.25) is 0 Å². The Morgan fingerprint density at radius 1 is 1.25 bits per heavy atom. The van der Waals surface area contributed by atoms with E-state index < -0.39 is 0 Å². The summed E-state index contributed by atoms with van der Waals surface area (Å²) in [6.45, 7) is 0. The van der Waals surface area contributed by atoms with Crippen LogP contribution in [0.2, 0.25) is 0 Å². The van der Waals surface area contributed by atoms with Crippen molar-refractivity contribution < 1.29 is 4.74 Å². The number of fused-ring (bicyclic) bond motifs is 3. The van der Waals surface area contributed by atoms with Gasteiger partial charge in [-0.05, 0) is 48.9 Å². The molecule has 0 amide bonds. The van der Waals surface area contributed by atoms with E-state index in [1.165, 1.54) is 21.5 Å². The van der Waals surface area contributed by atoms with Gasteiger partial charge in [0, 0.05) is 11.3 Å². The van der Waals surface area contributed by atoms with E-state index in [4.69, 9.17) is 15.6 Å². The zero-order chi connectivity index (χ0) is 16.7. The van der Waals surface area contributed by atoms with Crippen LogP contribution in [0.5, 0.6) is 5.75 Å². The molecule has 0 bridgehead atoms. The second kappa shape index (κ2) is 5.94. The van der Waals surface area contributed by atoms with Crippen LogP contribution in [0.1, 0.15) is 34.7 Å². The number of rotatable bonds is 3. The number of ether oxygens (including phenoxy) is 1. The highest BCUT2D eigenvalue weighted by atomic mass is 32.1. The van der Waals surface area contributed by atoms with E-state index in [0.717, 1.165) is 40.8 Å². The van der Waals surface area contributed by atoms with Gasteiger partial charge < -0.3 is 10.6 Å². The van der Waals surface area contributed by atoms with Crippen LogP contribution >= 0.6 is 11.3 Å². The van der Waals surface area contributed by atoms with Crippen LogP contribution in [0.15, 0.2) is 29.1 Å². The first-order valence-corrected chi connectivity index (χ1v) is 8.93. The lowest BCUT2D eigenvalue weighted by atomic mass is 9.97. The number of aryl methyl sites for hydroxylation is 2. The molecule has 24 heavy (non-hydrogen) atoms. The van der Waals surface area contributed by atoms with Crippen LogP contribution in [0.3, 0.4) is 0 Å². The molecule has 1 aliphatic carbocycles. The van der Waals surface area contributed by atoms with E-state index in [1.807, 2.05) is 24.3 Å². The van der Waals surface area contributed by atoms with E-state index in [-0.39, 0.29) is 5.56 Å². The van der Waals surface area contributed by atoms with Crippen molar-refractivity contribution in [2.24, 2.45) is 0 Å². The molecule has 1 aliphatic rings. The van der Waals surface area contributed by atoms with Gasteiger partial charge in [-0.3, -0.25) is 4.79 Å². The minimum atomic E-state index is -0.122. The van der Waals surface area contributed by atoms with Gasteiger partial charge in [0.05, 0.1) is 12.5 Å². The second-order valence-electron chi connectivity index (χ2n) is 6.12. The molecule has 3 aromatic rings. The Morgan fingerprint density at radius 3 is 2.75 bits per heavy atom. The van der Waals surface area contributed by atoms with Gasteiger partial charge in [-0.25, -0.2) is 9.66 Å². The lowest BCUT2D eigenvalue weighted by Gasteiger charge is -2.11. The summed E-state index contributed by atoms with van der Waals surface area (Å²) in [4.78, 5) is 19.6. The topological polar surface area (TPSA) is 70.1 Å². The highest BCUT2D eigenvalue weighted by Crippen LogP contribution is 2.33. The quantitative estimate of drug-likeness (QED) is 0.744. The molecule has 0 unspecified atom stereocenters. The smallest absolute Gasteiger partial charge is 0.280 e. The fourth-order valence-electron chi connectivity index (χ4n) is 3.31. The molecule has 0 atom stereocenters. The van der Waals surface area contributed by atoms with Crippen molar-refractivity contribution in [2.75, 3.05) is 13.0 Å². The Hall–Kier alpha value is -2.34. The largest absolute Gasteiger partial charge is 0.497 e.